The SMILES string of the molecule is Cc1cc(O)ccc1-c1nc(-c2ncccc2Cl)no1. The average Bonchev–Trinajstić information content (AvgIpc) is 2.88. The van der Waals surface area contributed by atoms with E-state index in [0.29, 0.717) is 22.4 Å². The molecule has 6 heteroatoms. The highest BCUT2D eigenvalue weighted by Crippen LogP contribution is 2.28. The molecule has 3 rings (SSSR count). The van der Waals surface area contributed by atoms with Gasteiger partial charge < -0.3 is 9.63 Å². The van der Waals surface area contributed by atoms with Gasteiger partial charge in [-0.05, 0) is 42.8 Å². The first-order chi connectivity index (χ1) is 9.65. The lowest BCUT2D eigenvalue weighted by Crippen LogP contribution is -1.87. The first kappa shape index (κ1) is 12.6. The van der Waals surface area contributed by atoms with Crippen LogP contribution in [-0.4, -0.2) is 20.2 Å². The number of hydrogen-bond donors (Lipinski definition) is 1. The molecule has 0 atom stereocenters. The number of nitrogens with zero attached hydrogens (tertiary/aromatic N) is 3. The highest BCUT2D eigenvalue weighted by molar-refractivity contribution is 6.32. The van der Waals surface area contributed by atoms with Gasteiger partial charge in [-0.2, -0.15) is 4.98 Å². The molecule has 0 radical (unpaired) electrons. The quantitative estimate of drug-likeness (QED) is 0.781. The van der Waals surface area contributed by atoms with Crippen molar-refractivity contribution in [2.75, 3.05) is 0 Å². The molecule has 0 bridgehead atoms. The Balaban J connectivity index is 2.04. The van der Waals surface area contributed by atoms with Gasteiger partial charge in [0.25, 0.3) is 5.89 Å². The van der Waals surface area contributed by atoms with Crippen LogP contribution in [-0.2, 0) is 0 Å². The van der Waals surface area contributed by atoms with Gasteiger partial charge in [-0.1, -0.05) is 16.8 Å². The maximum atomic E-state index is 9.41. The molecule has 5 nitrogen and oxygen atoms in total. The number of aromatic hydroxyl groups is 1. The summed E-state index contributed by atoms with van der Waals surface area (Å²) in [5.41, 5.74) is 2.07. The van der Waals surface area contributed by atoms with Crippen LogP contribution in [0, 0.1) is 6.92 Å². The monoisotopic (exact) mass is 287 g/mol. The molecule has 0 aliphatic carbocycles. The van der Waals surface area contributed by atoms with E-state index in [4.69, 9.17) is 16.1 Å². The summed E-state index contributed by atoms with van der Waals surface area (Å²) >= 11 is 6.05. The Bertz CT molecular complexity index is 771. The van der Waals surface area contributed by atoms with Gasteiger partial charge in [0.15, 0.2) is 0 Å². The Kier molecular flexibility index (Phi) is 3.12. The number of hydrogen-bond acceptors (Lipinski definition) is 5. The summed E-state index contributed by atoms with van der Waals surface area (Å²) in [6.07, 6.45) is 1.61. The molecule has 0 aliphatic heterocycles. The largest absolute Gasteiger partial charge is 0.508 e. The Labute approximate surface area is 119 Å². The zero-order chi connectivity index (χ0) is 14.1. The van der Waals surface area contributed by atoms with Crippen LogP contribution in [0.2, 0.25) is 5.02 Å². The first-order valence-corrected chi connectivity index (χ1v) is 6.27. The number of rotatable bonds is 2. The van der Waals surface area contributed by atoms with Gasteiger partial charge in [-0.3, -0.25) is 4.98 Å². The zero-order valence-corrected chi connectivity index (χ0v) is 11.3. The molecule has 0 spiro atoms. The molecule has 0 aliphatic rings. The molecule has 0 saturated heterocycles. The van der Waals surface area contributed by atoms with Crippen LogP contribution < -0.4 is 0 Å². The van der Waals surface area contributed by atoms with E-state index in [1.807, 2.05) is 6.92 Å². The predicted molar refractivity (Wildman–Crippen MR) is 74.4 cm³/mol. The number of aromatic nitrogens is 3. The number of phenols is 1. The number of benzene rings is 1. The van der Waals surface area contributed by atoms with Gasteiger partial charge in [-0.25, -0.2) is 0 Å². The van der Waals surface area contributed by atoms with Gasteiger partial charge in [0.2, 0.25) is 5.82 Å². The summed E-state index contributed by atoms with van der Waals surface area (Å²) in [5, 5.41) is 13.8. The summed E-state index contributed by atoms with van der Waals surface area (Å²) in [6.45, 7) is 1.85. The van der Waals surface area contributed by atoms with Crippen LogP contribution in [0.5, 0.6) is 5.75 Å². The number of pyridine rings is 1. The first-order valence-electron chi connectivity index (χ1n) is 5.90. The fraction of sp³-hybridized carbons (Fsp3) is 0.0714. The lowest BCUT2D eigenvalue weighted by molar-refractivity contribution is 0.431. The normalized spacial score (nSPS) is 10.7. The lowest BCUT2D eigenvalue weighted by atomic mass is 10.1. The van der Waals surface area contributed by atoms with Crippen LogP contribution >= 0.6 is 11.6 Å². The molecule has 2 heterocycles. The second kappa shape index (κ2) is 4.94. The standard InChI is InChI=1S/C14H10ClN3O2/c1-8-7-9(19)4-5-10(8)14-17-13(18-20-14)12-11(15)3-2-6-16-12/h2-7,19H,1H3. The summed E-state index contributed by atoms with van der Waals surface area (Å²) in [4.78, 5) is 8.43. The van der Waals surface area contributed by atoms with E-state index in [1.165, 1.54) is 0 Å². The van der Waals surface area contributed by atoms with E-state index in [-0.39, 0.29) is 5.75 Å². The second-order valence-corrected chi connectivity index (χ2v) is 4.66. The van der Waals surface area contributed by atoms with E-state index >= 15 is 0 Å². The smallest absolute Gasteiger partial charge is 0.258 e. The van der Waals surface area contributed by atoms with Crippen molar-refractivity contribution < 1.29 is 9.63 Å². The molecular formula is C14H10ClN3O2. The van der Waals surface area contributed by atoms with E-state index in [1.54, 1.807) is 36.5 Å². The van der Waals surface area contributed by atoms with Crippen molar-refractivity contribution >= 4 is 11.6 Å². The van der Waals surface area contributed by atoms with Crippen LogP contribution in [0.4, 0.5) is 0 Å². The minimum absolute atomic E-state index is 0.193. The fourth-order valence-electron chi connectivity index (χ4n) is 1.87. The molecular weight excluding hydrogens is 278 g/mol. The van der Waals surface area contributed by atoms with Crippen LogP contribution in [0.15, 0.2) is 41.1 Å². The molecule has 0 saturated carbocycles. The predicted octanol–water partition coefficient (Wildman–Crippen LogP) is 3.47. The topological polar surface area (TPSA) is 72.0 Å². The molecule has 100 valence electrons. The van der Waals surface area contributed by atoms with Crippen molar-refractivity contribution in [1.82, 2.24) is 15.1 Å². The highest BCUT2D eigenvalue weighted by atomic mass is 35.5. The Morgan fingerprint density at radius 3 is 2.85 bits per heavy atom. The van der Waals surface area contributed by atoms with Crippen molar-refractivity contribution in [3.05, 3.63) is 47.1 Å². The maximum absolute atomic E-state index is 9.41. The van der Waals surface area contributed by atoms with Gasteiger partial charge in [-0.15, -0.1) is 0 Å². The molecule has 2 aromatic heterocycles. The second-order valence-electron chi connectivity index (χ2n) is 4.26. The Morgan fingerprint density at radius 2 is 2.10 bits per heavy atom. The third-order valence-electron chi connectivity index (χ3n) is 2.84. The molecule has 3 aromatic rings. The van der Waals surface area contributed by atoms with Crippen LogP contribution in [0.25, 0.3) is 23.0 Å². The fourth-order valence-corrected chi connectivity index (χ4v) is 2.07. The molecule has 0 unspecified atom stereocenters. The van der Waals surface area contributed by atoms with E-state index in [9.17, 15) is 5.11 Å². The molecule has 20 heavy (non-hydrogen) atoms. The van der Waals surface area contributed by atoms with Gasteiger partial charge in [0.1, 0.15) is 11.4 Å². The summed E-state index contributed by atoms with van der Waals surface area (Å²) in [7, 11) is 0. The third kappa shape index (κ3) is 2.23. The highest BCUT2D eigenvalue weighted by Gasteiger charge is 2.15. The van der Waals surface area contributed by atoms with Crippen molar-refractivity contribution in [3.8, 4) is 28.7 Å². The zero-order valence-electron chi connectivity index (χ0n) is 10.5. The molecule has 0 fully saturated rings. The van der Waals surface area contributed by atoms with Crippen molar-refractivity contribution in [2.45, 2.75) is 6.92 Å². The van der Waals surface area contributed by atoms with Gasteiger partial charge >= 0.3 is 0 Å². The minimum Gasteiger partial charge on any atom is -0.508 e. The Morgan fingerprint density at radius 1 is 1.25 bits per heavy atom. The number of phenolic OH excluding ortho intramolecular Hbond substituents is 1. The average molecular weight is 288 g/mol. The van der Waals surface area contributed by atoms with E-state index in [0.717, 1.165) is 11.1 Å². The van der Waals surface area contributed by atoms with Gasteiger partial charge in [0.05, 0.1) is 5.02 Å². The molecule has 1 aromatic carbocycles. The van der Waals surface area contributed by atoms with Crippen LogP contribution in [0.3, 0.4) is 0 Å². The van der Waals surface area contributed by atoms with E-state index < -0.39 is 0 Å². The summed E-state index contributed by atoms with van der Waals surface area (Å²) < 4.78 is 5.24. The molecule has 0 amide bonds. The number of halogens is 1. The molecule has 1 N–H and O–H groups in total. The Hall–Kier alpha value is -2.40. The van der Waals surface area contributed by atoms with Crippen molar-refractivity contribution in [3.63, 3.8) is 0 Å². The maximum Gasteiger partial charge on any atom is 0.258 e. The van der Waals surface area contributed by atoms with Crippen LogP contribution in [0.1, 0.15) is 5.56 Å². The van der Waals surface area contributed by atoms with E-state index in [2.05, 4.69) is 15.1 Å². The lowest BCUT2D eigenvalue weighted by Gasteiger charge is -2.00. The summed E-state index contributed by atoms with van der Waals surface area (Å²) in [6, 6.07) is 8.37. The summed E-state index contributed by atoms with van der Waals surface area (Å²) in [5.74, 6) is 0.885. The van der Waals surface area contributed by atoms with Crippen molar-refractivity contribution in [1.29, 1.82) is 0 Å². The minimum atomic E-state index is 0.193. The van der Waals surface area contributed by atoms with Crippen molar-refractivity contribution in [2.24, 2.45) is 0 Å². The third-order valence-corrected chi connectivity index (χ3v) is 3.14. The number of aryl methyl sites for hydroxylation is 1. The van der Waals surface area contributed by atoms with Gasteiger partial charge in [0, 0.05) is 11.8 Å².